The van der Waals surface area contributed by atoms with Crippen LogP contribution in [0.3, 0.4) is 0 Å². The van der Waals surface area contributed by atoms with Crippen molar-refractivity contribution in [3.05, 3.63) is 24.2 Å². The SMILES string of the molecule is CCN(CC)C(CNC(=O)CCCNC(=O)NC1CCCCC1)c1ccco1. The minimum Gasteiger partial charge on any atom is -0.468 e. The van der Waals surface area contributed by atoms with Crippen LogP contribution in [0.25, 0.3) is 0 Å². The third kappa shape index (κ3) is 7.54. The van der Waals surface area contributed by atoms with E-state index in [1.165, 1.54) is 19.3 Å². The van der Waals surface area contributed by atoms with Crippen LogP contribution in [-0.2, 0) is 4.79 Å². The fraction of sp³-hybridized carbons (Fsp3) is 0.714. The minimum atomic E-state index is -0.119. The third-order valence-electron chi connectivity index (χ3n) is 5.42. The number of nitrogens with zero attached hydrogens (tertiary/aromatic N) is 1. The highest BCUT2D eigenvalue weighted by Crippen LogP contribution is 2.20. The van der Waals surface area contributed by atoms with Gasteiger partial charge in [0.25, 0.3) is 0 Å². The van der Waals surface area contributed by atoms with Gasteiger partial charge in [0.05, 0.1) is 12.3 Å². The van der Waals surface area contributed by atoms with E-state index in [1.807, 2.05) is 12.1 Å². The molecule has 1 saturated carbocycles. The molecule has 3 N–H and O–H groups in total. The van der Waals surface area contributed by atoms with E-state index in [2.05, 4.69) is 34.7 Å². The number of hydrogen-bond donors (Lipinski definition) is 3. The quantitative estimate of drug-likeness (QED) is 0.505. The summed E-state index contributed by atoms with van der Waals surface area (Å²) in [5.41, 5.74) is 0. The minimum absolute atomic E-state index is 0.00167. The molecule has 1 atom stereocenters. The van der Waals surface area contributed by atoms with Gasteiger partial charge < -0.3 is 20.4 Å². The van der Waals surface area contributed by atoms with E-state index in [4.69, 9.17) is 4.42 Å². The number of nitrogens with one attached hydrogen (secondary N) is 3. The molecule has 1 heterocycles. The first-order valence-electron chi connectivity index (χ1n) is 10.7. The lowest BCUT2D eigenvalue weighted by atomic mass is 9.96. The Balaban J connectivity index is 1.63. The van der Waals surface area contributed by atoms with E-state index in [-0.39, 0.29) is 18.0 Å². The lowest BCUT2D eigenvalue weighted by Gasteiger charge is -2.28. The maximum absolute atomic E-state index is 12.2. The van der Waals surface area contributed by atoms with Gasteiger partial charge in [0.2, 0.25) is 5.91 Å². The van der Waals surface area contributed by atoms with Crippen LogP contribution in [0.4, 0.5) is 4.79 Å². The monoisotopic (exact) mass is 392 g/mol. The molecule has 0 aromatic carbocycles. The molecule has 1 fully saturated rings. The van der Waals surface area contributed by atoms with E-state index in [1.54, 1.807) is 6.26 Å². The first kappa shape index (κ1) is 22.3. The molecule has 0 bridgehead atoms. The summed E-state index contributed by atoms with van der Waals surface area (Å²) < 4.78 is 5.55. The van der Waals surface area contributed by atoms with Crippen molar-refractivity contribution >= 4 is 11.9 Å². The van der Waals surface area contributed by atoms with Crippen LogP contribution in [0.15, 0.2) is 22.8 Å². The van der Waals surface area contributed by atoms with Gasteiger partial charge in [-0.15, -0.1) is 0 Å². The molecule has 1 unspecified atom stereocenters. The zero-order chi connectivity index (χ0) is 20.2. The van der Waals surface area contributed by atoms with Crippen molar-refractivity contribution in [2.75, 3.05) is 26.2 Å². The van der Waals surface area contributed by atoms with Crippen LogP contribution in [-0.4, -0.2) is 49.1 Å². The van der Waals surface area contributed by atoms with Crippen molar-refractivity contribution < 1.29 is 14.0 Å². The third-order valence-corrected chi connectivity index (χ3v) is 5.42. The van der Waals surface area contributed by atoms with Crippen LogP contribution in [0.1, 0.15) is 70.6 Å². The Bertz CT molecular complexity index is 566. The van der Waals surface area contributed by atoms with Gasteiger partial charge in [0.1, 0.15) is 5.76 Å². The summed E-state index contributed by atoms with van der Waals surface area (Å²) >= 11 is 0. The molecule has 0 spiro atoms. The van der Waals surface area contributed by atoms with Crippen molar-refractivity contribution in [2.45, 2.75) is 70.9 Å². The first-order valence-corrected chi connectivity index (χ1v) is 10.7. The molecule has 7 heteroatoms. The smallest absolute Gasteiger partial charge is 0.315 e. The fourth-order valence-corrected chi connectivity index (χ4v) is 3.79. The summed E-state index contributed by atoms with van der Waals surface area (Å²) in [5, 5.41) is 8.88. The van der Waals surface area contributed by atoms with Crippen LogP contribution in [0.2, 0.25) is 0 Å². The summed E-state index contributed by atoms with van der Waals surface area (Å²) in [6.07, 6.45) is 8.47. The van der Waals surface area contributed by atoms with Crippen molar-refractivity contribution in [1.29, 1.82) is 0 Å². The average Bonchev–Trinajstić information content (AvgIpc) is 3.23. The summed E-state index contributed by atoms with van der Waals surface area (Å²) in [4.78, 5) is 26.4. The van der Waals surface area contributed by atoms with Crippen molar-refractivity contribution in [1.82, 2.24) is 20.9 Å². The Morgan fingerprint density at radius 2 is 1.93 bits per heavy atom. The van der Waals surface area contributed by atoms with Gasteiger partial charge in [-0.25, -0.2) is 4.79 Å². The zero-order valence-electron chi connectivity index (χ0n) is 17.3. The highest BCUT2D eigenvalue weighted by atomic mass is 16.3. The molecule has 3 amide bonds. The van der Waals surface area contributed by atoms with Gasteiger partial charge in [-0.1, -0.05) is 33.1 Å². The van der Waals surface area contributed by atoms with E-state index < -0.39 is 0 Å². The normalized spacial score (nSPS) is 16.0. The van der Waals surface area contributed by atoms with Gasteiger partial charge in [-0.05, 0) is 44.5 Å². The topological polar surface area (TPSA) is 86.6 Å². The zero-order valence-corrected chi connectivity index (χ0v) is 17.3. The average molecular weight is 393 g/mol. The van der Waals surface area contributed by atoms with Crippen LogP contribution in [0, 0.1) is 0 Å². The van der Waals surface area contributed by atoms with Gasteiger partial charge in [0, 0.05) is 25.6 Å². The molecular weight excluding hydrogens is 356 g/mol. The summed E-state index contributed by atoms with van der Waals surface area (Å²) in [7, 11) is 0. The molecular formula is C21H36N4O3. The van der Waals surface area contributed by atoms with E-state index in [0.717, 1.165) is 31.7 Å². The number of carbonyl (C=O) groups excluding carboxylic acids is 2. The molecule has 0 radical (unpaired) electrons. The van der Waals surface area contributed by atoms with Crippen molar-refractivity contribution in [3.8, 4) is 0 Å². The number of carbonyl (C=O) groups is 2. The first-order chi connectivity index (χ1) is 13.6. The summed E-state index contributed by atoms with van der Waals surface area (Å²) in [5.74, 6) is 0.864. The Morgan fingerprint density at radius 1 is 1.18 bits per heavy atom. The molecule has 1 aliphatic rings. The van der Waals surface area contributed by atoms with Gasteiger partial charge >= 0.3 is 6.03 Å². The maximum atomic E-state index is 12.2. The molecule has 0 saturated heterocycles. The van der Waals surface area contributed by atoms with E-state index in [9.17, 15) is 9.59 Å². The Morgan fingerprint density at radius 3 is 2.57 bits per heavy atom. The van der Waals surface area contributed by atoms with Crippen molar-refractivity contribution in [2.24, 2.45) is 0 Å². The van der Waals surface area contributed by atoms with Crippen LogP contribution in [0.5, 0.6) is 0 Å². The lowest BCUT2D eigenvalue weighted by Crippen LogP contribution is -2.43. The van der Waals surface area contributed by atoms with E-state index >= 15 is 0 Å². The molecule has 158 valence electrons. The number of rotatable bonds is 11. The Hall–Kier alpha value is -2.02. The molecule has 2 rings (SSSR count). The van der Waals surface area contributed by atoms with Crippen molar-refractivity contribution in [3.63, 3.8) is 0 Å². The summed E-state index contributed by atoms with van der Waals surface area (Å²) in [6.45, 7) is 7.00. The van der Waals surface area contributed by atoms with Crippen LogP contribution < -0.4 is 16.0 Å². The molecule has 0 aliphatic heterocycles. The maximum Gasteiger partial charge on any atom is 0.315 e. The second kappa shape index (κ2) is 12.4. The standard InChI is InChI=1S/C21H36N4O3/c1-3-25(4-2)18(19-12-9-15-28-19)16-23-20(26)13-8-14-22-21(27)24-17-10-6-5-7-11-17/h9,12,15,17-18H,3-8,10-11,13-14,16H2,1-2H3,(H,23,26)(H2,22,24,27). The second-order valence-electron chi connectivity index (χ2n) is 7.40. The Labute approximate surface area is 168 Å². The predicted molar refractivity (Wildman–Crippen MR) is 110 cm³/mol. The number of amides is 3. The number of likely N-dealkylation sites (N-methyl/N-ethyl adjacent to an activating group) is 1. The molecule has 1 aromatic heterocycles. The fourth-order valence-electron chi connectivity index (χ4n) is 3.79. The molecule has 1 aromatic rings. The summed E-state index contributed by atoms with van der Waals surface area (Å²) in [6, 6.07) is 4.04. The molecule has 1 aliphatic carbocycles. The lowest BCUT2D eigenvalue weighted by molar-refractivity contribution is -0.121. The second-order valence-corrected chi connectivity index (χ2v) is 7.40. The number of hydrogen-bond acceptors (Lipinski definition) is 4. The van der Waals surface area contributed by atoms with E-state index in [0.29, 0.717) is 32.0 Å². The number of urea groups is 1. The Kier molecular flexibility index (Phi) is 9.90. The van der Waals surface area contributed by atoms with Gasteiger partial charge in [-0.2, -0.15) is 0 Å². The predicted octanol–water partition coefficient (Wildman–Crippen LogP) is 3.19. The highest BCUT2D eigenvalue weighted by Gasteiger charge is 2.21. The van der Waals surface area contributed by atoms with Gasteiger partial charge in [-0.3, -0.25) is 9.69 Å². The largest absolute Gasteiger partial charge is 0.468 e. The number of furan rings is 1. The molecule has 7 nitrogen and oxygen atoms in total. The highest BCUT2D eigenvalue weighted by molar-refractivity contribution is 5.76. The van der Waals surface area contributed by atoms with Gasteiger partial charge in [0.15, 0.2) is 0 Å². The molecule has 28 heavy (non-hydrogen) atoms. The van der Waals surface area contributed by atoms with Crippen LogP contribution >= 0.6 is 0 Å².